The number of halogens is 1. The van der Waals surface area contributed by atoms with Gasteiger partial charge in [-0.3, -0.25) is 4.79 Å². The van der Waals surface area contributed by atoms with Gasteiger partial charge in [-0.15, -0.1) is 0 Å². The number of benzene rings is 1. The number of hydrogen-bond acceptors (Lipinski definition) is 4. The number of nitrogens with zero attached hydrogens (tertiary/aromatic N) is 2. The molecule has 0 amide bonds. The molecule has 0 aliphatic carbocycles. The summed E-state index contributed by atoms with van der Waals surface area (Å²) in [4.78, 5) is 17.6. The number of rotatable bonds is 6. The highest BCUT2D eigenvalue weighted by Crippen LogP contribution is 2.25. The Labute approximate surface area is 165 Å². The number of piperidine rings is 2. The third-order valence-corrected chi connectivity index (χ3v) is 5.84. The van der Waals surface area contributed by atoms with Crippen LogP contribution in [0.5, 0.6) is 5.75 Å². The Morgan fingerprint density at radius 2 is 1.92 bits per heavy atom. The summed E-state index contributed by atoms with van der Waals surface area (Å²) in [5.74, 6) is 0.641. The van der Waals surface area contributed by atoms with E-state index >= 15 is 0 Å². The molecular formula is C21H29BrN2O2. The van der Waals surface area contributed by atoms with Crippen LogP contribution >= 0.6 is 15.9 Å². The lowest BCUT2D eigenvalue weighted by atomic mass is 10.00. The molecule has 0 N–H and O–H groups in total. The molecule has 1 aromatic carbocycles. The number of carbonyl (C=O) groups excluding carboxylic acids is 1. The zero-order chi connectivity index (χ0) is 18.4. The standard InChI is InChI=1S/C21H29BrN2O2/c1-2-26-21-7-6-17(22)16-19(21)20(25)10-15-23-13-8-18(9-14-23)24-11-4-3-5-12-24/h6-7,10,15-16,18H,2-5,8-9,11-14H2,1H3. The van der Waals surface area contributed by atoms with Crippen LogP contribution in [0.2, 0.25) is 0 Å². The third kappa shape index (κ3) is 5.10. The number of carbonyl (C=O) groups is 1. The van der Waals surface area contributed by atoms with E-state index in [2.05, 4.69) is 25.7 Å². The van der Waals surface area contributed by atoms with Gasteiger partial charge in [0.25, 0.3) is 0 Å². The van der Waals surface area contributed by atoms with Gasteiger partial charge in [0, 0.05) is 35.9 Å². The van der Waals surface area contributed by atoms with Gasteiger partial charge in [-0.25, -0.2) is 0 Å². The molecule has 2 aliphatic heterocycles. The fourth-order valence-corrected chi connectivity index (χ4v) is 4.28. The first kappa shape index (κ1) is 19.4. The maximum Gasteiger partial charge on any atom is 0.191 e. The zero-order valence-corrected chi connectivity index (χ0v) is 17.2. The van der Waals surface area contributed by atoms with Gasteiger partial charge >= 0.3 is 0 Å². The molecule has 0 unspecified atom stereocenters. The lowest BCUT2D eigenvalue weighted by Crippen LogP contribution is -2.45. The summed E-state index contributed by atoms with van der Waals surface area (Å²) in [6, 6.07) is 6.31. The highest BCUT2D eigenvalue weighted by atomic mass is 79.9. The molecule has 1 aromatic rings. The first-order valence-electron chi connectivity index (χ1n) is 9.80. The molecule has 3 rings (SSSR count). The average Bonchev–Trinajstić information content (AvgIpc) is 2.69. The molecule has 5 heteroatoms. The third-order valence-electron chi connectivity index (χ3n) is 5.35. The molecular weight excluding hydrogens is 392 g/mol. The quantitative estimate of drug-likeness (QED) is 0.501. The predicted octanol–water partition coefficient (Wildman–Crippen LogP) is 4.49. The van der Waals surface area contributed by atoms with Gasteiger partial charge in [-0.05, 0) is 63.9 Å². The second-order valence-electron chi connectivity index (χ2n) is 7.12. The van der Waals surface area contributed by atoms with Crippen LogP contribution < -0.4 is 4.74 Å². The smallest absolute Gasteiger partial charge is 0.191 e. The Bertz CT molecular complexity index is 633. The second kappa shape index (κ2) is 9.56. The molecule has 26 heavy (non-hydrogen) atoms. The number of allylic oxidation sites excluding steroid dienone is 1. The van der Waals surface area contributed by atoms with E-state index in [9.17, 15) is 4.79 Å². The van der Waals surface area contributed by atoms with E-state index in [1.54, 1.807) is 6.08 Å². The molecule has 0 atom stereocenters. The lowest BCUT2D eigenvalue weighted by Gasteiger charge is -2.40. The van der Waals surface area contributed by atoms with Crippen molar-refractivity contribution in [3.63, 3.8) is 0 Å². The predicted molar refractivity (Wildman–Crippen MR) is 109 cm³/mol. The average molecular weight is 421 g/mol. The van der Waals surface area contributed by atoms with E-state index in [4.69, 9.17) is 4.74 Å². The second-order valence-corrected chi connectivity index (χ2v) is 8.03. The normalized spacial score (nSPS) is 19.8. The van der Waals surface area contributed by atoms with Crippen molar-refractivity contribution in [2.75, 3.05) is 32.8 Å². The van der Waals surface area contributed by atoms with Crippen molar-refractivity contribution in [3.8, 4) is 5.75 Å². The number of ketones is 1. The molecule has 2 fully saturated rings. The van der Waals surface area contributed by atoms with E-state index in [1.807, 2.05) is 31.3 Å². The van der Waals surface area contributed by atoms with Gasteiger partial charge in [0.1, 0.15) is 5.75 Å². The summed E-state index contributed by atoms with van der Waals surface area (Å²) in [7, 11) is 0. The van der Waals surface area contributed by atoms with Gasteiger partial charge in [0.15, 0.2) is 5.78 Å². The van der Waals surface area contributed by atoms with Gasteiger partial charge in [-0.2, -0.15) is 0 Å². The van der Waals surface area contributed by atoms with E-state index in [-0.39, 0.29) is 5.78 Å². The monoisotopic (exact) mass is 420 g/mol. The minimum atomic E-state index is -0.00657. The highest BCUT2D eigenvalue weighted by molar-refractivity contribution is 9.10. The van der Waals surface area contributed by atoms with Crippen molar-refractivity contribution in [2.45, 2.75) is 45.1 Å². The molecule has 0 saturated carbocycles. The summed E-state index contributed by atoms with van der Waals surface area (Å²) in [6.45, 7) is 7.07. The van der Waals surface area contributed by atoms with Crippen LogP contribution in [-0.2, 0) is 0 Å². The van der Waals surface area contributed by atoms with E-state index < -0.39 is 0 Å². The first-order chi connectivity index (χ1) is 12.7. The minimum Gasteiger partial charge on any atom is -0.493 e. The molecule has 142 valence electrons. The Morgan fingerprint density at radius 1 is 1.19 bits per heavy atom. The van der Waals surface area contributed by atoms with Crippen LogP contribution in [0, 0.1) is 0 Å². The summed E-state index contributed by atoms with van der Waals surface area (Å²) in [5, 5.41) is 0. The summed E-state index contributed by atoms with van der Waals surface area (Å²) >= 11 is 3.44. The lowest BCUT2D eigenvalue weighted by molar-refractivity contribution is 0.103. The largest absolute Gasteiger partial charge is 0.493 e. The molecule has 0 aromatic heterocycles. The maximum atomic E-state index is 12.6. The number of ether oxygens (including phenoxy) is 1. The number of likely N-dealkylation sites (tertiary alicyclic amines) is 2. The van der Waals surface area contributed by atoms with Crippen molar-refractivity contribution in [1.29, 1.82) is 0 Å². The summed E-state index contributed by atoms with van der Waals surface area (Å²) in [6.07, 6.45) is 10.1. The molecule has 0 spiro atoms. The Morgan fingerprint density at radius 3 is 2.62 bits per heavy atom. The fraction of sp³-hybridized carbons (Fsp3) is 0.571. The Kier molecular flexibility index (Phi) is 7.15. The minimum absolute atomic E-state index is 0.00657. The van der Waals surface area contributed by atoms with Gasteiger partial charge < -0.3 is 14.5 Å². The van der Waals surface area contributed by atoms with Crippen molar-refractivity contribution in [2.24, 2.45) is 0 Å². The van der Waals surface area contributed by atoms with Crippen LogP contribution in [0.1, 0.15) is 49.4 Å². The highest BCUT2D eigenvalue weighted by Gasteiger charge is 2.24. The van der Waals surface area contributed by atoms with Crippen LogP contribution in [0.25, 0.3) is 0 Å². The summed E-state index contributed by atoms with van der Waals surface area (Å²) < 4.78 is 6.48. The van der Waals surface area contributed by atoms with Crippen LogP contribution in [0.3, 0.4) is 0 Å². The van der Waals surface area contributed by atoms with Gasteiger partial charge in [0.05, 0.1) is 12.2 Å². The number of hydrogen-bond donors (Lipinski definition) is 0. The Balaban J connectivity index is 1.55. The molecule has 2 aliphatic rings. The Hall–Kier alpha value is -1.33. The molecule has 4 nitrogen and oxygen atoms in total. The van der Waals surface area contributed by atoms with Crippen molar-refractivity contribution in [3.05, 3.63) is 40.5 Å². The van der Waals surface area contributed by atoms with Gasteiger partial charge in [-0.1, -0.05) is 22.4 Å². The van der Waals surface area contributed by atoms with E-state index in [0.717, 1.165) is 23.6 Å². The van der Waals surface area contributed by atoms with Gasteiger partial charge in [0.2, 0.25) is 0 Å². The SMILES string of the molecule is CCOc1ccc(Br)cc1C(=O)C=CN1CCC(N2CCCCC2)CC1. The topological polar surface area (TPSA) is 32.8 Å². The van der Waals surface area contributed by atoms with Crippen molar-refractivity contribution >= 4 is 21.7 Å². The molecule has 0 radical (unpaired) electrons. The van der Waals surface area contributed by atoms with Crippen LogP contribution in [0.15, 0.2) is 34.9 Å². The van der Waals surface area contributed by atoms with Crippen LogP contribution in [-0.4, -0.2) is 54.4 Å². The van der Waals surface area contributed by atoms with Crippen molar-refractivity contribution in [1.82, 2.24) is 9.80 Å². The van der Waals surface area contributed by atoms with Crippen molar-refractivity contribution < 1.29 is 9.53 Å². The summed E-state index contributed by atoms with van der Waals surface area (Å²) in [5.41, 5.74) is 0.612. The zero-order valence-electron chi connectivity index (χ0n) is 15.6. The van der Waals surface area contributed by atoms with Crippen LogP contribution in [0.4, 0.5) is 0 Å². The van der Waals surface area contributed by atoms with E-state index in [0.29, 0.717) is 17.9 Å². The maximum absolute atomic E-state index is 12.6. The fourth-order valence-electron chi connectivity index (χ4n) is 3.92. The molecule has 2 heterocycles. The first-order valence-corrected chi connectivity index (χ1v) is 10.6. The van der Waals surface area contributed by atoms with E-state index in [1.165, 1.54) is 45.2 Å². The molecule has 0 bridgehead atoms. The molecule has 2 saturated heterocycles.